The van der Waals surface area contributed by atoms with E-state index in [-0.39, 0.29) is 17.5 Å². The third kappa shape index (κ3) is 2.82. The molecule has 0 amide bonds. The van der Waals surface area contributed by atoms with Crippen molar-refractivity contribution in [1.82, 2.24) is 0 Å². The Labute approximate surface area is 114 Å². The number of hydrogen-bond acceptors (Lipinski definition) is 4. The van der Waals surface area contributed by atoms with Crippen LogP contribution >= 0.6 is 0 Å². The van der Waals surface area contributed by atoms with Gasteiger partial charge in [-0.3, -0.25) is 9.59 Å². The molecule has 1 unspecified atom stereocenters. The van der Waals surface area contributed by atoms with Crippen LogP contribution in [0.15, 0.2) is 11.1 Å². The highest BCUT2D eigenvalue weighted by Gasteiger charge is 2.52. The summed E-state index contributed by atoms with van der Waals surface area (Å²) in [7, 11) is 1.31. The Morgan fingerprint density at radius 3 is 2.63 bits per heavy atom. The molecule has 0 N–H and O–H groups in total. The van der Waals surface area contributed by atoms with Crippen molar-refractivity contribution in [3.05, 3.63) is 11.1 Å². The maximum Gasteiger partial charge on any atom is 0.307 e. The largest absolute Gasteiger partial charge is 0.471 e. The molecule has 4 nitrogen and oxygen atoms in total. The van der Waals surface area contributed by atoms with Crippen LogP contribution in [0.25, 0.3) is 0 Å². The Bertz CT molecular complexity index is 399. The fourth-order valence-corrected chi connectivity index (χ4v) is 3.56. The summed E-state index contributed by atoms with van der Waals surface area (Å²) < 4.78 is 9.38. The lowest BCUT2D eigenvalue weighted by Gasteiger charge is -2.22. The molecule has 0 radical (unpaired) electrons. The van der Waals surface area contributed by atoms with E-state index in [9.17, 15) is 4.79 Å². The van der Waals surface area contributed by atoms with Crippen molar-refractivity contribution in [2.45, 2.75) is 58.0 Å². The number of carbonyl (C=O) groups is 2. The number of ether oxygens (including phenoxy) is 2. The summed E-state index contributed by atoms with van der Waals surface area (Å²) in [5, 5.41) is 0. The van der Waals surface area contributed by atoms with Gasteiger partial charge in [-0.15, -0.1) is 0 Å². The third-order valence-corrected chi connectivity index (χ3v) is 4.34. The summed E-state index contributed by atoms with van der Waals surface area (Å²) in [6.07, 6.45) is 8.24. The predicted molar refractivity (Wildman–Crippen MR) is 70.4 cm³/mol. The van der Waals surface area contributed by atoms with E-state index in [1.807, 2.05) is 0 Å². The van der Waals surface area contributed by atoms with E-state index < -0.39 is 0 Å². The molecule has 2 aliphatic carbocycles. The van der Waals surface area contributed by atoms with Crippen LogP contribution in [0.5, 0.6) is 0 Å². The molecule has 0 saturated carbocycles. The molecule has 0 spiro atoms. The smallest absolute Gasteiger partial charge is 0.307 e. The van der Waals surface area contributed by atoms with Crippen LogP contribution in [-0.2, 0) is 19.1 Å². The Hall–Kier alpha value is -1.32. The molecule has 3 rings (SSSR count). The normalized spacial score (nSPS) is 32.5. The second kappa shape index (κ2) is 5.76. The van der Waals surface area contributed by atoms with E-state index in [0.29, 0.717) is 12.9 Å². The van der Waals surface area contributed by atoms with Crippen molar-refractivity contribution in [3.63, 3.8) is 0 Å². The van der Waals surface area contributed by atoms with Crippen molar-refractivity contribution < 1.29 is 19.1 Å². The number of esters is 1. The van der Waals surface area contributed by atoms with Crippen molar-refractivity contribution in [2.75, 3.05) is 7.11 Å². The van der Waals surface area contributed by atoms with E-state index in [2.05, 4.69) is 11.7 Å². The molecule has 4 heteroatoms. The summed E-state index contributed by atoms with van der Waals surface area (Å²) in [6, 6.07) is 0. The second-order valence-electron chi connectivity index (χ2n) is 5.90. The van der Waals surface area contributed by atoms with Gasteiger partial charge in [0.25, 0.3) is 6.47 Å². The number of hydrogen-bond donors (Lipinski definition) is 0. The fourth-order valence-electron chi connectivity index (χ4n) is 3.56. The average Bonchev–Trinajstić information content (AvgIpc) is 2.68. The maximum absolute atomic E-state index is 11.4. The zero-order valence-corrected chi connectivity index (χ0v) is 11.7. The number of methoxy groups -OCH3 is 1. The van der Waals surface area contributed by atoms with Gasteiger partial charge in [0.1, 0.15) is 6.10 Å². The summed E-state index contributed by atoms with van der Waals surface area (Å²) in [5.41, 5.74) is 3.22. The first-order chi connectivity index (χ1) is 9.10. The molecular formula is C15H22O4. The van der Waals surface area contributed by atoms with E-state index in [1.165, 1.54) is 44.8 Å². The molecule has 0 bridgehead atoms. The van der Waals surface area contributed by atoms with Gasteiger partial charge in [0.15, 0.2) is 0 Å². The number of carbonyl (C=O) groups excluding carboxylic acids is 2. The molecule has 0 aromatic heterocycles. The van der Waals surface area contributed by atoms with Crippen molar-refractivity contribution in [2.24, 2.45) is 5.41 Å². The van der Waals surface area contributed by atoms with Gasteiger partial charge in [-0.2, -0.15) is 0 Å². The summed E-state index contributed by atoms with van der Waals surface area (Å²) >= 11 is 0. The maximum atomic E-state index is 11.4. The van der Waals surface area contributed by atoms with Crippen LogP contribution in [0.2, 0.25) is 0 Å². The summed E-state index contributed by atoms with van der Waals surface area (Å²) in [6.45, 7) is 2.59. The molecule has 1 saturated heterocycles. The first-order valence-corrected chi connectivity index (χ1v) is 6.97. The quantitative estimate of drug-likeness (QED) is 0.416. The van der Waals surface area contributed by atoms with E-state index in [4.69, 9.17) is 9.53 Å². The molecule has 3 aliphatic rings. The number of allylic oxidation sites excluding steroid dienone is 1. The highest BCUT2D eigenvalue weighted by Crippen LogP contribution is 2.53. The van der Waals surface area contributed by atoms with Gasteiger partial charge >= 0.3 is 5.97 Å². The van der Waals surface area contributed by atoms with Crippen LogP contribution in [0, 0.1) is 5.41 Å². The van der Waals surface area contributed by atoms with Gasteiger partial charge in [0.05, 0.1) is 13.5 Å². The molecular weight excluding hydrogens is 244 g/mol. The fraction of sp³-hybridized carbons (Fsp3) is 0.733. The third-order valence-electron chi connectivity index (χ3n) is 4.34. The van der Waals surface area contributed by atoms with E-state index in [0.717, 1.165) is 6.42 Å². The summed E-state index contributed by atoms with van der Waals surface area (Å²) in [4.78, 5) is 20.3. The highest BCUT2D eigenvalue weighted by molar-refractivity contribution is 5.74. The molecule has 106 valence electrons. The zero-order chi connectivity index (χ0) is 13.9. The van der Waals surface area contributed by atoms with Crippen molar-refractivity contribution in [3.8, 4) is 0 Å². The van der Waals surface area contributed by atoms with Crippen LogP contribution < -0.4 is 0 Å². The van der Waals surface area contributed by atoms with Crippen molar-refractivity contribution >= 4 is 12.4 Å². The van der Waals surface area contributed by atoms with Crippen LogP contribution in [-0.4, -0.2) is 25.7 Å². The Kier molecular flexibility index (Phi) is 4.27. The molecule has 0 aromatic carbocycles. The van der Waals surface area contributed by atoms with E-state index in [1.54, 1.807) is 5.57 Å². The van der Waals surface area contributed by atoms with Gasteiger partial charge in [-0.05, 0) is 37.7 Å². The first-order valence-electron chi connectivity index (χ1n) is 6.97. The van der Waals surface area contributed by atoms with Gasteiger partial charge in [0.2, 0.25) is 0 Å². The van der Waals surface area contributed by atoms with E-state index >= 15 is 0 Å². The van der Waals surface area contributed by atoms with Crippen LogP contribution in [0.1, 0.15) is 51.9 Å². The molecule has 19 heavy (non-hydrogen) atoms. The molecule has 0 aromatic rings. The Balaban J connectivity index is 0.000000297. The lowest BCUT2D eigenvalue weighted by Crippen LogP contribution is -2.24. The lowest BCUT2D eigenvalue weighted by atomic mass is 9.81. The van der Waals surface area contributed by atoms with Crippen LogP contribution in [0.3, 0.4) is 0 Å². The zero-order valence-electron chi connectivity index (χ0n) is 11.7. The van der Waals surface area contributed by atoms with Gasteiger partial charge in [-0.25, -0.2) is 0 Å². The molecule has 1 aliphatic heterocycles. The predicted octanol–water partition coefficient (Wildman–Crippen LogP) is 2.76. The minimum Gasteiger partial charge on any atom is -0.471 e. The highest BCUT2D eigenvalue weighted by atomic mass is 16.6. The molecule has 1 fully saturated rings. The van der Waals surface area contributed by atoms with Gasteiger partial charge in [-0.1, -0.05) is 18.9 Å². The lowest BCUT2D eigenvalue weighted by molar-refractivity contribution is -0.140. The average molecular weight is 266 g/mol. The topological polar surface area (TPSA) is 52.6 Å². The van der Waals surface area contributed by atoms with Gasteiger partial charge < -0.3 is 9.47 Å². The summed E-state index contributed by atoms with van der Waals surface area (Å²) in [5.74, 6) is 0.0123. The first kappa shape index (κ1) is 14.1. The van der Waals surface area contributed by atoms with Crippen molar-refractivity contribution in [1.29, 1.82) is 0 Å². The standard InChI is InChI=1S/C13H18O2.C2H4O2/c1-13-7-9-5-3-2-4-6-10(9)12(13)15-11(14)8-13;1-4-2-3/h12H,2-8H2,1H3;2H,1H3/t12?,13-;/m1./s1. The number of fused-ring (bicyclic) bond motifs is 2. The minimum atomic E-state index is 0.0123. The monoisotopic (exact) mass is 266 g/mol. The number of rotatable bonds is 1. The second-order valence-corrected chi connectivity index (χ2v) is 5.90. The SMILES string of the molecule is COC=O.C[C@@]12CC(=O)OC1C1=C(CCCCC1)C2. The minimum absolute atomic E-state index is 0.0123. The molecule has 2 atom stereocenters. The Morgan fingerprint density at radius 2 is 1.95 bits per heavy atom. The Morgan fingerprint density at radius 1 is 1.26 bits per heavy atom. The van der Waals surface area contributed by atoms with Gasteiger partial charge in [0, 0.05) is 5.41 Å². The molecule has 1 heterocycles. The van der Waals surface area contributed by atoms with Crippen LogP contribution in [0.4, 0.5) is 0 Å².